The molecule has 0 saturated heterocycles. The quantitative estimate of drug-likeness (QED) is 0.876. The van der Waals surface area contributed by atoms with E-state index in [-0.39, 0.29) is 11.0 Å². The molecule has 2 aliphatic carbocycles. The van der Waals surface area contributed by atoms with Crippen molar-refractivity contribution in [1.29, 1.82) is 0 Å². The maximum absolute atomic E-state index is 13.5. The Morgan fingerprint density at radius 2 is 1.60 bits per heavy atom. The van der Waals surface area contributed by atoms with Crippen molar-refractivity contribution in [1.82, 2.24) is 5.32 Å². The molecule has 0 unspecified atom stereocenters. The molecule has 110 valence electrons. The molecule has 1 spiro atoms. The molecule has 0 aromatic heterocycles. The molecule has 2 saturated carbocycles. The molecule has 2 aliphatic rings. The predicted octanol–water partition coefficient (Wildman–Crippen LogP) is 4.16. The highest BCUT2D eigenvalue weighted by atomic mass is 19.1. The SMILES string of the molecule is CC(C)(C)NCC1(c2cc(F)cc(F)c2)CC2(CC2)C1. The van der Waals surface area contributed by atoms with Crippen LogP contribution in [-0.4, -0.2) is 12.1 Å². The summed E-state index contributed by atoms with van der Waals surface area (Å²) >= 11 is 0. The zero-order valence-corrected chi connectivity index (χ0v) is 12.5. The van der Waals surface area contributed by atoms with E-state index in [4.69, 9.17) is 0 Å². The first-order valence-electron chi connectivity index (χ1n) is 7.44. The van der Waals surface area contributed by atoms with E-state index in [1.165, 1.54) is 25.0 Å². The third kappa shape index (κ3) is 2.60. The lowest BCUT2D eigenvalue weighted by Crippen LogP contribution is -2.53. The minimum atomic E-state index is -0.466. The van der Waals surface area contributed by atoms with Crippen LogP contribution in [0.5, 0.6) is 0 Å². The van der Waals surface area contributed by atoms with Crippen molar-refractivity contribution in [3.05, 3.63) is 35.4 Å². The second kappa shape index (κ2) is 4.27. The van der Waals surface area contributed by atoms with E-state index in [1.54, 1.807) is 0 Å². The monoisotopic (exact) mass is 279 g/mol. The van der Waals surface area contributed by atoms with Crippen molar-refractivity contribution < 1.29 is 8.78 Å². The molecular weight excluding hydrogens is 256 g/mol. The van der Waals surface area contributed by atoms with E-state index >= 15 is 0 Å². The minimum absolute atomic E-state index is 0.0190. The van der Waals surface area contributed by atoms with Crippen molar-refractivity contribution in [3.63, 3.8) is 0 Å². The maximum atomic E-state index is 13.5. The Hall–Kier alpha value is -0.960. The lowest BCUT2D eigenvalue weighted by Gasteiger charge is -2.50. The Morgan fingerprint density at radius 3 is 2.05 bits per heavy atom. The Kier molecular flexibility index (Phi) is 2.99. The molecule has 0 atom stereocenters. The van der Waals surface area contributed by atoms with Crippen molar-refractivity contribution in [2.75, 3.05) is 6.54 Å². The van der Waals surface area contributed by atoms with Crippen LogP contribution in [0.3, 0.4) is 0 Å². The third-order valence-electron chi connectivity index (χ3n) is 4.82. The van der Waals surface area contributed by atoms with Gasteiger partial charge in [0.05, 0.1) is 0 Å². The Morgan fingerprint density at radius 1 is 1.05 bits per heavy atom. The fourth-order valence-corrected chi connectivity index (χ4v) is 3.64. The van der Waals surface area contributed by atoms with Crippen LogP contribution in [0.25, 0.3) is 0 Å². The van der Waals surface area contributed by atoms with Crippen LogP contribution in [0.1, 0.15) is 52.0 Å². The second-order valence-electron chi connectivity index (χ2n) is 7.90. The average molecular weight is 279 g/mol. The van der Waals surface area contributed by atoms with Gasteiger partial charge in [-0.2, -0.15) is 0 Å². The topological polar surface area (TPSA) is 12.0 Å². The van der Waals surface area contributed by atoms with Gasteiger partial charge in [-0.05, 0) is 69.6 Å². The van der Waals surface area contributed by atoms with Gasteiger partial charge >= 0.3 is 0 Å². The highest BCUT2D eigenvalue weighted by Gasteiger charge is 2.61. The first-order valence-corrected chi connectivity index (χ1v) is 7.44. The zero-order chi connectivity index (χ0) is 14.6. The normalized spacial score (nSPS) is 22.6. The molecule has 0 radical (unpaired) electrons. The Bertz CT molecular complexity index is 498. The van der Waals surface area contributed by atoms with Gasteiger partial charge in [0.2, 0.25) is 0 Å². The van der Waals surface area contributed by atoms with Gasteiger partial charge < -0.3 is 5.32 Å². The summed E-state index contributed by atoms with van der Waals surface area (Å²) in [5.74, 6) is -0.932. The smallest absolute Gasteiger partial charge is 0.126 e. The number of halogens is 2. The van der Waals surface area contributed by atoms with Gasteiger partial charge in [-0.1, -0.05) is 0 Å². The maximum Gasteiger partial charge on any atom is 0.126 e. The van der Waals surface area contributed by atoms with Gasteiger partial charge in [0, 0.05) is 23.6 Å². The summed E-state index contributed by atoms with van der Waals surface area (Å²) in [6.07, 6.45) is 4.68. The Balaban J connectivity index is 1.86. The van der Waals surface area contributed by atoms with Crippen LogP contribution < -0.4 is 5.32 Å². The highest BCUT2D eigenvalue weighted by molar-refractivity contribution is 5.34. The van der Waals surface area contributed by atoms with Gasteiger partial charge in [0.1, 0.15) is 11.6 Å². The molecule has 3 rings (SSSR count). The molecule has 1 aromatic rings. The molecule has 1 aromatic carbocycles. The molecule has 20 heavy (non-hydrogen) atoms. The molecule has 2 fully saturated rings. The van der Waals surface area contributed by atoms with Crippen LogP contribution in [-0.2, 0) is 5.41 Å². The number of hydrogen-bond acceptors (Lipinski definition) is 1. The molecule has 1 nitrogen and oxygen atoms in total. The minimum Gasteiger partial charge on any atom is -0.311 e. The van der Waals surface area contributed by atoms with Gasteiger partial charge in [-0.25, -0.2) is 8.78 Å². The highest BCUT2D eigenvalue weighted by Crippen LogP contribution is 2.68. The lowest BCUT2D eigenvalue weighted by molar-refractivity contribution is 0.107. The molecule has 0 amide bonds. The molecule has 0 aliphatic heterocycles. The molecule has 0 heterocycles. The van der Waals surface area contributed by atoms with E-state index < -0.39 is 11.6 Å². The predicted molar refractivity (Wildman–Crippen MR) is 76.7 cm³/mol. The van der Waals surface area contributed by atoms with Gasteiger partial charge in [-0.3, -0.25) is 0 Å². The number of hydrogen-bond donors (Lipinski definition) is 1. The van der Waals surface area contributed by atoms with Crippen LogP contribution in [0.15, 0.2) is 18.2 Å². The van der Waals surface area contributed by atoms with Crippen LogP contribution >= 0.6 is 0 Å². The van der Waals surface area contributed by atoms with Gasteiger partial charge in [0.25, 0.3) is 0 Å². The van der Waals surface area contributed by atoms with Crippen molar-refractivity contribution >= 4 is 0 Å². The lowest BCUT2D eigenvalue weighted by atomic mass is 9.56. The first kappa shape index (κ1) is 14.0. The zero-order valence-electron chi connectivity index (χ0n) is 12.5. The molecule has 3 heteroatoms. The standard InChI is InChI=1S/C17H23F2N/c1-15(2,3)20-11-17(9-16(10-17)4-5-16)12-6-13(18)8-14(19)7-12/h6-8,20H,4-5,9-11H2,1-3H3. The average Bonchev–Trinajstić information content (AvgIpc) is 3.01. The first-order chi connectivity index (χ1) is 9.22. The van der Waals surface area contributed by atoms with E-state index in [0.29, 0.717) is 5.41 Å². The molecule has 1 N–H and O–H groups in total. The largest absolute Gasteiger partial charge is 0.311 e. The van der Waals surface area contributed by atoms with Crippen molar-refractivity contribution in [2.24, 2.45) is 5.41 Å². The van der Waals surface area contributed by atoms with E-state index in [9.17, 15) is 8.78 Å². The number of benzene rings is 1. The van der Waals surface area contributed by atoms with Gasteiger partial charge in [-0.15, -0.1) is 0 Å². The fraction of sp³-hybridized carbons (Fsp3) is 0.647. The van der Waals surface area contributed by atoms with Crippen molar-refractivity contribution in [2.45, 2.75) is 57.4 Å². The third-order valence-corrected chi connectivity index (χ3v) is 4.82. The van der Waals surface area contributed by atoms with Crippen LogP contribution in [0, 0.1) is 17.0 Å². The van der Waals surface area contributed by atoms with Crippen LogP contribution in [0.2, 0.25) is 0 Å². The number of nitrogens with one attached hydrogen (secondary N) is 1. The summed E-state index contributed by atoms with van der Waals surface area (Å²) in [4.78, 5) is 0. The fourth-order valence-electron chi connectivity index (χ4n) is 3.64. The summed E-state index contributed by atoms with van der Waals surface area (Å²) in [6, 6.07) is 3.99. The molecule has 0 bridgehead atoms. The summed E-state index contributed by atoms with van der Waals surface area (Å²) in [5.41, 5.74) is 1.24. The summed E-state index contributed by atoms with van der Waals surface area (Å²) in [6.45, 7) is 7.16. The van der Waals surface area contributed by atoms with Crippen LogP contribution in [0.4, 0.5) is 8.78 Å². The number of rotatable bonds is 3. The summed E-state index contributed by atoms with van der Waals surface area (Å²) in [5, 5.41) is 3.52. The van der Waals surface area contributed by atoms with E-state index in [1.807, 2.05) is 0 Å². The van der Waals surface area contributed by atoms with E-state index in [0.717, 1.165) is 31.0 Å². The van der Waals surface area contributed by atoms with E-state index in [2.05, 4.69) is 26.1 Å². The summed E-state index contributed by atoms with van der Waals surface area (Å²) < 4.78 is 27.1. The summed E-state index contributed by atoms with van der Waals surface area (Å²) in [7, 11) is 0. The van der Waals surface area contributed by atoms with Crippen molar-refractivity contribution in [3.8, 4) is 0 Å². The Labute approximate surface area is 119 Å². The van der Waals surface area contributed by atoms with Gasteiger partial charge in [0.15, 0.2) is 0 Å². The molecular formula is C17H23F2N. The second-order valence-corrected chi connectivity index (χ2v) is 7.90.